The van der Waals surface area contributed by atoms with Gasteiger partial charge >= 0.3 is 0 Å². The summed E-state index contributed by atoms with van der Waals surface area (Å²) in [6.45, 7) is 0.707. The van der Waals surface area contributed by atoms with Crippen molar-refractivity contribution in [1.82, 2.24) is 0 Å². The second-order valence-corrected chi connectivity index (χ2v) is 5.74. The van der Waals surface area contributed by atoms with E-state index in [2.05, 4.69) is 0 Å². The Hall–Kier alpha value is -1.42. The van der Waals surface area contributed by atoms with E-state index in [1.54, 1.807) is 0 Å². The van der Waals surface area contributed by atoms with Crippen LogP contribution in [0, 0.1) is 29.1 Å². The van der Waals surface area contributed by atoms with Crippen LogP contribution >= 0.6 is 0 Å². The highest BCUT2D eigenvalue weighted by Gasteiger charge is 2.29. The molecule has 10 heteroatoms. The first-order valence-corrected chi connectivity index (χ1v) is 6.41. The quantitative estimate of drug-likeness (QED) is 0.503. The molecular weight excluding hydrogens is 295 g/mol. The van der Waals surface area contributed by atoms with Gasteiger partial charge in [0.2, 0.25) is 15.8 Å². The first-order chi connectivity index (χ1) is 8.63. The summed E-state index contributed by atoms with van der Waals surface area (Å²) in [5.41, 5.74) is 3.43. The topological polar surface area (TPSA) is 72.2 Å². The van der Waals surface area contributed by atoms with Crippen LogP contribution in [-0.2, 0) is 10.0 Å². The van der Waals surface area contributed by atoms with Crippen LogP contribution in [0.5, 0.6) is 0 Å². The monoisotopic (exact) mass is 304 g/mol. The van der Waals surface area contributed by atoms with Crippen molar-refractivity contribution in [3.8, 4) is 0 Å². The molecule has 0 aliphatic carbocycles. The van der Waals surface area contributed by atoms with E-state index < -0.39 is 56.6 Å². The van der Waals surface area contributed by atoms with Crippen LogP contribution in [0.15, 0.2) is 0 Å². The molecule has 0 heterocycles. The van der Waals surface area contributed by atoms with Crippen LogP contribution in [-0.4, -0.2) is 20.2 Å². The number of anilines is 1. The van der Waals surface area contributed by atoms with E-state index in [0.717, 1.165) is 6.92 Å². The molecule has 0 amide bonds. The van der Waals surface area contributed by atoms with Gasteiger partial charge in [-0.15, -0.1) is 0 Å². The standard InChI is InChI=1S/C9H9F5N2O2S/c1-3(2-15)19(17,18)16-9-7(13)5(11)4(10)6(12)8(9)14/h3,16H,2,15H2,1H3. The molecule has 1 aromatic carbocycles. The maximum absolute atomic E-state index is 13.2. The Morgan fingerprint density at radius 3 is 1.74 bits per heavy atom. The van der Waals surface area contributed by atoms with Gasteiger partial charge in [0.25, 0.3) is 0 Å². The molecule has 0 bridgehead atoms. The highest BCUT2D eigenvalue weighted by atomic mass is 32.2. The molecule has 0 aliphatic heterocycles. The van der Waals surface area contributed by atoms with Gasteiger partial charge in [-0.3, -0.25) is 4.72 Å². The number of sulfonamides is 1. The predicted molar refractivity (Wildman–Crippen MR) is 57.3 cm³/mol. The van der Waals surface area contributed by atoms with Crippen LogP contribution in [0.1, 0.15) is 6.92 Å². The van der Waals surface area contributed by atoms with Crippen molar-refractivity contribution >= 4 is 15.7 Å². The Balaban J connectivity index is 3.39. The first kappa shape index (κ1) is 15.6. The fourth-order valence-corrected chi connectivity index (χ4v) is 1.98. The van der Waals surface area contributed by atoms with Gasteiger partial charge in [0.15, 0.2) is 23.3 Å². The smallest absolute Gasteiger partial charge is 0.236 e. The summed E-state index contributed by atoms with van der Waals surface area (Å²) in [5, 5.41) is -1.28. The lowest BCUT2D eigenvalue weighted by molar-refractivity contribution is 0.382. The van der Waals surface area contributed by atoms with E-state index in [9.17, 15) is 30.4 Å². The van der Waals surface area contributed by atoms with Crippen molar-refractivity contribution in [2.24, 2.45) is 5.73 Å². The summed E-state index contributed by atoms with van der Waals surface area (Å²) in [7, 11) is -4.37. The lowest BCUT2D eigenvalue weighted by Gasteiger charge is -2.14. The highest BCUT2D eigenvalue weighted by molar-refractivity contribution is 7.93. The average Bonchev–Trinajstić information content (AvgIpc) is 2.38. The fraction of sp³-hybridized carbons (Fsp3) is 0.333. The minimum absolute atomic E-state index is 0.398. The molecule has 0 saturated heterocycles. The van der Waals surface area contributed by atoms with Crippen molar-refractivity contribution < 1.29 is 30.4 Å². The van der Waals surface area contributed by atoms with Crippen molar-refractivity contribution in [2.75, 3.05) is 11.3 Å². The molecule has 1 aromatic rings. The van der Waals surface area contributed by atoms with Crippen LogP contribution in [0.3, 0.4) is 0 Å². The molecule has 0 saturated carbocycles. The third kappa shape index (κ3) is 2.78. The third-order valence-corrected chi connectivity index (χ3v) is 4.06. The van der Waals surface area contributed by atoms with Gasteiger partial charge in [-0.1, -0.05) is 0 Å². The zero-order chi connectivity index (χ0) is 15.0. The van der Waals surface area contributed by atoms with Crippen LogP contribution in [0.4, 0.5) is 27.6 Å². The lowest BCUT2D eigenvalue weighted by Crippen LogP contribution is -2.32. The zero-order valence-electron chi connectivity index (χ0n) is 9.48. The van der Waals surface area contributed by atoms with Crippen LogP contribution in [0.2, 0.25) is 0 Å². The molecular formula is C9H9F5N2O2S. The molecule has 1 rings (SSSR count). The van der Waals surface area contributed by atoms with E-state index in [-0.39, 0.29) is 0 Å². The van der Waals surface area contributed by atoms with Crippen LogP contribution < -0.4 is 10.5 Å². The van der Waals surface area contributed by atoms with Crippen molar-refractivity contribution in [3.63, 3.8) is 0 Å². The van der Waals surface area contributed by atoms with Gasteiger partial charge in [0, 0.05) is 6.54 Å². The zero-order valence-corrected chi connectivity index (χ0v) is 10.3. The van der Waals surface area contributed by atoms with Gasteiger partial charge in [-0.2, -0.15) is 0 Å². The Kier molecular flexibility index (Phi) is 4.35. The van der Waals surface area contributed by atoms with Gasteiger partial charge < -0.3 is 5.73 Å². The molecule has 3 N–H and O–H groups in total. The summed E-state index contributed by atoms with van der Waals surface area (Å²) >= 11 is 0. The molecule has 1 atom stereocenters. The first-order valence-electron chi connectivity index (χ1n) is 4.86. The predicted octanol–water partition coefficient (Wildman–Crippen LogP) is 1.47. The number of benzene rings is 1. The Bertz CT molecular complexity index is 576. The summed E-state index contributed by atoms with van der Waals surface area (Å²) in [5.74, 6) is -11.4. The molecule has 0 fully saturated rings. The maximum Gasteiger partial charge on any atom is 0.236 e. The van der Waals surface area contributed by atoms with Crippen molar-refractivity contribution in [2.45, 2.75) is 12.2 Å². The highest BCUT2D eigenvalue weighted by Crippen LogP contribution is 2.28. The molecule has 0 radical (unpaired) electrons. The molecule has 4 nitrogen and oxygen atoms in total. The second-order valence-electron chi connectivity index (χ2n) is 3.64. The summed E-state index contributed by atoms with van der Waals surface area (Å²) in [6.07, 6.45) is 0. The fourth-order valence-electron chi connectivity index (χ4n) is 1.06. The Labute approximate surface area is 105 Å². The summed E-state index contributed by atoms with van der Waals surface area (Å²) in [4.78, 5) is 0. The largest absolute Gasteiger partial charge is 0.329 e. The summed E-state index contributed by atoms with van der Waals surface area (Å²) < 4.78 is 89.1. The normalized spacial score (nSPS) is 13.4. The maximum atomic E-state index is 13.2. The molecule has 0 aromatic heterocycles. The van der Waals surface area contributed by atoms with E-state index in [4.69, 9.17) is 5.73 Å². The minimum Gasteiger partial charge on any atom is -0.329 e. The van der Waals surface area contributed by atoms with Crippen molar-refractivity contribution in [3.05, 3.63) is 29.1 Å². The molecule has 1 unspecified atom stereocenters. The Morgan fingerprint density at radius 1 is 1.00 bits per heavy atom. The van der Waals surface area contributed by atoms with Gasteiger partial charge in [-0.05, 0) is 6.92 Å². The van der Waals surface area contributed by atoms with E-state index in [1.165, 1.54) is 4.72 Å². The van der Waals surface area contributed by atoms with Gasteiger partial charge in [0.05, 0.1) is 5.25 Å². The van der Waals surface area contributed by atoms with Gasteiger partial charge in [-0.25, -0.2) is 30.4 Å². The molecule has 108 valence electrons. The number of hydrogen-bond donors (Lipinski definition) is 2. The molecule has 19 heavy (non-hydrogen) atoms. The number of hydrogen-bond acceptors (Lipinski definition) is 3. The van der Waals surface area contributed by atoms with Crippen molar-refractivity contribution in [1.29, 1.82) is 0 Å². The SMILES string of the molecule is CC(CN)S(=O)(=O)Nc1c(F)c(F)c(F)c(F)c1F. The van der Waals surface area contributed by atoms with E-state index >= 15 is 0 Å². The second kappa shape index (κ2) is 5.29. The number of nitrogens with one attached hydrogen (secondary N) is 1. The van der Waals surface area contributed by atoms with Gasteiger partial charge in [0.1, 0.15) is 5.69 Å². The molecule has 0 aliphatic rings. The average molecular weight is 304 g/mol. The van der Waals surface area contributed by atoms with Crippen LogP contribution in [0.25, 0.3) is 0 Å². The number of rotatable bonds is 4. The number of halogens is 5. The number of nitrogens with two attached hydrogens (primary N) is 1. The summed E-state index contributed by atoms with van der Waals surface area (Å²) in [6, 6.07) is 0. The third-order valence-electron chi connectivity index (χ3n) is 2.32. The van der Waals surface area contributed by atoms with E-state index in [0.29, 0.717) is 0 Å². The minimum atomic E-state index is -4.37. The molecule has 0 spiro atoms. The lowest BCUT2D eigenvalue weighted by atomic mass is 10.2. The van der Waals surface area contributed by atoms with E-state index in [1.807, 2.05) is 0 Å². The Morgan fingerprint density at radius 2 is 1.37 bits per heavy atom.